The molecule has 25 heavy (non-hydrogen) atoms. The Morgan fingerprint density at radius 2 is 1.48 bits per heavy atom. The van der Waals surface area contributed by atoms with Crippen LogP contribution in [0.4, 0.5) is 0 Å². The van der Waals surface area contributed by atoms with Gasteiger partial charge in [0.1, 0.15) is 0 Å². The highest BCUT2D eigenvalue weighted by atomic mass is 16.4. The third-order valence-corrected chi connectivity index (χ3v) is 3.39. The third kappa shape index (κ3) is 7.97. The van der Waals surface area contributed by atoms with E-state index < -0.39 is 11.9 Å². The predicted octanol–water partition coefficient (Wildman–Crippen LogP) is 4.98. The van der Waals surface area contributed by atoms with E-state index in [-0.39, 0.29) is 11.1 Å². The van der Waals surface area contributed by atoms with Crippen LogP contribution in [-0.2, 0) is 6.42 Å². The molecule has 0 aliphatic heterocycles. The molecule has 0 radical (unpaired) electrons. The molecule has 2 aromatic rings. The summed E-state index contributed by atoms with van der Waals surface area (Å²) in [6.45, 7) is 3.85. The second-order valence-electron chi connectivity index (χ2n) is 5.65. The Hall–Kier alpha value is -2.88. The number of unbranched alkanes of at least 4 members (excludes halogenated alkanes) is 1. The van der Waals surface area contributed by atoms with E-state index in [1.54, 1.807) is 6.92 Å². The van der Waals surface area contributed by atoms with E-state index in [4.69, 9.17) is 10.2 Å². The minimum Gasteiger partial charge on any atom is -0.478 e. The summed E-state index contributed by atoms with van der Waals surface area (Å²) in [5.74, 6) is -2.24. The maximum atomic E-state index is 10.5. The van der Waals surface area contributed by atoms with Crippen LogP contribution in [0.25, 0.3) is 0 Å². The molecule has 0 aliphatic carbocycles. The molecule has 0 fully saturated rings. The van der Waals surface area contributed by atoms with Gasteiger partial charge in [-0.2, -0.15) is 0 Å². The van der Waals surface area contributed by atoms with Crippen molar-refractivity contribution in [3.05, 3.63) is 82.9 Å². The summed E-state index contributed by atoms with van der Waals surface area (Å²) < 4.78 is 0. The average molecular weight is 340 g/mol. The molecule has 4 nitrogen and oxygen atoms in total. The molecule has 0 aromatic heterocycles. The number of aromatic carboxylic acids is 2. The molecule has 0 saturated carbocycles. The average Bonchev–Trinajstić information content (AvgIpc) is 2.59. The summed E-state index contributed by atoms with van der Waals surface area (Å²) >= 11 is 0. The summed E-state index contributed by atoms with van der Waals surface area (Å²) in [6, 6.07) is 14.5. The number of rotatable bonds is 6. The van der Waals surface area contributed by atoms with Gasteiger partial charge >= 0.3 is 11.9 Å². The Kier molecular flexibility index (Phi) is 8.72. The fourth-order valence-electron chi connectivity index (χ4n) is 2.15. The largest absolute Gasteiger partial charge is 0.478 e. The molecule has 2 rings (SSSR count). The molecular formula is C21H24O4. The van der Waals surface area contributed by atoms with Gasteiger partial charge in [-0.25, -0.2) is 9.59 Å². The van der Waals surface area contributed by atoms with Gasteiger partial charge in [0, 0.05) is 0 Å². The molecular weight excluding hydrogens is 316 g/mol. The first-order valence-corrected chi connectivity index (χ1v) is 8.21. The molecule has 2 aromatic carbocycles. The zero-order valence-electron chi connectivity index (χ0n) is 14.6. The van der Waals surface area contributed by atoms with Crippen molar-refractivity contribution in [1.82, 2.24) is 0 Å². The highest BCUT2D eigenvalue weighted by molar-refractivity contribution is 5.94. The molecule has 4 heteroatoms. The lowest BCUT2D eigenvalue weighted by Crippen LogP contribution is -2.02. The lowest BCUT2D eigenvalue weighted by Gasteiger charge is -1.99. The lowest BCUT2D eigenvalue weighted by atomic mass is 10.1. The van der Waals surface area contributed by atoms with Crippen molar-refractivity contribution in [2.75, 3.05) is 0 Å². The van der Waals surface area contributed by atoms with Gasteiger partial charge in [0.2, 0.25) is 0 Å². The van der Waals surface area contributed by atoms with Gasteiger partial charge in [-0.15, -0.1) is 0 Å². The number of carboxylic acid groups (broad SMARTS) is 2. The standard InChI is InChI=1S/C12H16.C9H8O4/c1-2-3-4-6-9-12-10-7-5-8-11-12;1-5-2-6(8(10)11)4-7(3-5)9(12)13/h4-8,10-11H,2-3,9H2,1H3;2-4H,1H3,(H,10,11)(H,12,13). The minimum absolute atomic E-state index is 0.00241. The number of aryl methyl sites for hydroxylation is 1. The Labute approximate surface area is 148 Å². The summed E-state index contributed by atoms with van der Waals surface area (Å²) in [5.41, 5.74) is 2.01. The first-order valence-electron chi connectivity index (χ1n) is 8.21. The van der Waals surface area contributed by atoms with Gasteiger partial charge in [0.05, 0.1) is 11.1 Å². The van der Waals surface area contributed by atoms with Crippen LogP contribution < -0.4 is 0 Å². The van der Waals surface area contributed by atoms with E-state index in [9.17, 15) is 9.59 Å². The molecule has 0 aliphatic rings. The van der Waals surface area contributed by atoms with Gasteiger partial charge in [-0.3, -0.25) is 0 Å². The van der Waals surface area contributed by atoms with Crippen molar-refractivity contribution in [3.63, 3.8) is 0 Å². The zero-order valence-corrected chi connectivity index (χ0v) is 14.6. The van der Waals surface area contributed by atoms with E-state index in [0.29, 0.717) is 5.56 Å². The fraction of sp³-hybridized carbons (Fsp3) is 0.238. The fourth-order valence-corrected chi connectivity index (χ4v) is 2.15. The zero-order chi connectivity index (χ0) is 18.7. The predicted molar refractivity (Wildman–Crippen MR) is 99.3 cm³/mol. The Morgan fingerprint density at radius 1 is 0.920 bits per heavy atom. The SMILES string of the molecule is CCCC=CCc1ccccc1.Cc1cc(C(=O)O)cc(C(=O)O)c1. The van der Waals surface area contributed by atoms with Crippen molar-refractivity contribution in [1.29, 1.82) is 0 Å². The molecule has 2 N–H and O–H groups in total. The van der Waals surface area contributed by atoms with E-state index in [1.165, 1.54) is 30.5 Å². The van der Waals surface area contributed by atoms with Crippen molar-refractivity contribution < 1.29 is 19.8 Å². The van der Waals surface area contributed by atoms with E-state index in [0.717, 1.165) is 12.5 Å². The van der Waals surface area contributed by atoms with Crippen molar-refractivity contribution >= 4 is 11.9 Å². The lowest BCUT2D eigenvalue weighted by molar-refractivity contribution is 0.0696. The maximum absolute atomic E-state index is 10.5. The Bertz CT molecular complexity index is 686. The Morgan fingerprint density at radius 3 is 1.96 bits per heavy atom. The van der Waals surface area contributed by atoms with Gasteiger partial charge in [-0.1, -0.05) is 55.8 Å². The van der Waals surface area contributed by atoms with Crippen LogP contribution in [0.3, 0.4) is 0 Å². The number of hydrogen-bond donors (Lipinski definition) is 2. The Balaban J connectivity index is 0.000000251. The first-order chi connectivity index (χ1) is 11.9. The summed E-state index contributed by atoms with van der Waals surface area (Å²) in [4.78, 5) is 21.1. The van der Waals surface area contributed by atoms with Gasteiger partial charge in [0.25, 0.3) is 0 Å². The van der Waals surface area contributed by atoms with Gasteiger partial charge < -0.3 is 10.2 Å². The maximum Gasteiger partial charge on any atom is 0.335 e. The van der Waals surface area contributed by atoms with Crippen LogP contribution in [0.2, 0.25) is 0 Å². The molecule has 132 valence electrons. The molecule has 0 unspecified atom stereocenters. The highest BCUT2D eigenvalue weighted by Gasteiger charge is 2.09. The van der Waals surface area contributed by atoms with Crippen molar-refractivity contribution in [2.45, 2.75) is 33.1 Å². The van der Waals surface area contributed by atoms with Crippen LogP contribution >= 0.6 is 0 Å². The van der Waals surface area contributed by atoms with Crippen molar-refractivity contribution in [3.8, 4) is 0 Å². The molecule has 0 saturated heterocycles. The molecule has 0 atom stereocenters. The van der Waals surface area contributed by atoms with E-state index in [2.05, 4.69) is 49.4 Å². The topological polar surface area (TPSA) is 74.6 Å². The van der Waals surface area contributed by atoms with Crippen LogP contribution in [0.1, 0.15) is 51.6 Å². The molecule has 0 bridgehead atoms. The second kappa shape index (κ2) is 10.8. The first kappa shape index (κ1) is 20.2. The third-order valence-electron chi connectivity index (χ3n) is 3.39. The smallest absolute Gasteiger partial charge is 0.335 e. The van der Waals surface area contributed by atoms with Gasteiger partial charge in [0.15, 0.2) is 0 Å². The number of allylic oxidation sites excluding steroid dienone is 2. The molecule has 0 heterocycles. The number of carboxylic acids is 2. The van der Waals surface area contributed by atoms with E-state index >= 15 is 0 Å². The second-order valence-corrected chi connectivity index (χ2v) is 5.65. The summed E-state index contributed by atoms with van der Waals surface area (Å²) in [6.07, 6.45) is 8.02. The minimum atomic E-state index is -1.12. The normalized spacial score (nSPS) is 10.2. The van der Waals surface area contributed by atoms with Crippen LogP contribution in [-0.4, -0.2) is 22.2 Å². The molecule has 0 amide bonds. The summed E-state index contributed by atoms with van der Waals surface area (Å²) in [5, 5.41) is 17.2. The van der Waals surface area contributed by atoms with Crippen molar-refractivity contribution in [2.24, 2.45) is 0 Å². The summed E-state index contributed by atoms with van der Waals surface area (Å²) in [7, 11) is 0. The van der Waals surface area contributed by atoms with Crippen LogP contribution in [0.5, 0.6) is 0 Å². The van der Waals surface area contributed by atoms with Crippen LogP contribution in [0, 0.1) is 6.92 Å². The van der Waals surface area contributed by atoms with Crippen LogP contribution in [0.15, 0.2) is 60.7 Å². The van der Waals surface area contributed by atoms with E-state index in [1.807, 2.05) is 0 Å². The number of benzene rings is 2. The number of hydrogen-bond acceptors (Lipinski definition) is 2. The monoisotopic (exact) mass is 340 g/mol. The quantitative estimate of drug-likeness (QED) is 0.728. The van der Waals surface area contributed by atoms with Gasteiger partial charge in [-0.05, 0) is 49.1 Å². The molecule has 0 spiro atoms. The highest BCUT2D eigenvalue weighted by Crippen LogP contribution is 2.09. The number of carbonyl (C=O) groups is 2.